The molecule has 0 spiro atoms. The van der Waals surface area contributed by atoms with E-state index in [0.29, 0.717) is 22.4 Å². The normalized spacial score (nSPS) is 10.3. The van der Waals surface area contributed by atoms with Gasteiger partial charge in [-0.3, -0.25) is 24.5 Å². The van der Waals surface area contributed by atoms with Crippen LogP contribution in [0.15, 0.2) is 30.3 Å². The molecule has 0 unspecified atom stereocenters. The Morgan fingerprint density at radius 2 is 1.77 bits per heavy atom. The Morgan fingerprint density at radius 3 is 2.37 bits per heavy atom. The lowest BCUT2D eigenvalue weighted by Crippen LogP contribution is -2.22. The number of benzene rings is 2. The van der Waals surface area contributed by atoms with Crippen molar-refractivity contribution in [1.29, 1.82) is 0 Å². The summed E-state index contributed by atoms with van der Waals surface area (Å²) in [6.07, 6.45) is -0.207. The van der Waals surface area contributed by atoms with E-state index in [-0.39, 0.29) is 23.6 Å². The summed E-state index contributed by atoms with van der Waals surface area (Å²) in [5.41, 5.74) is 2.13. The minimum Gasteiger partial charge on any atom is -0.496 e. The molecule has 0 aromatic heterocycles. The number of esters is 1. The van der Waals surface area contributed by atoms with E-state index in [0.717, 1.165) is 5.56 Å². The highest BCUT2D eigenvalue weighted by molar-refractivity contribution is 5.96. The first-order chi connectivity index (χ1) is 14.1. The van der Waals surface area contributed by atoms with Gasteiger partial charge in [0, 0.05) is 17.2 Å². The fraction of sp³-hybridized carbons (Fsp3) is 0.286. The Balaban J connectivity index is 2.03. The van der Waals surface area contributed by atoms with E-state index in [4.69, 9.17) is 9.47 Å². The van der Waals surface area contributed by atoms with Crippen molar-refractivity contribution < 1.29 is 28.8 Å². The number of hydrogen-bond acceptors (Lipinski definition) is 7. The molecular formula is C21H22N2O7. The Morgan fingerprint density at radius 1 is 1.10 bits per heavy atom. The molecule has 30 heavy (non-hydrogen) atoms. The first-order valence-corrected chi connectivity index (χ1v) is 9.01. The van der Waals surface area contributed by atoms with Gasteiger partial charge < -0.3 is 14.8 Å². The second-order valence-corrected chi connectivity index (χ2v) is 6.68. The van der Waals surface area contributed by atoms with Gasteiger partial charge in [-0.05, 0) is 56.2 Å². The highest BCUT2D eigenvalue weighted by atomic mass is 16.6. The summed E-state index contributed by atoms with van der Waals surface area (Å²) in [6.45, 7) is 4.28. The van der Waals surface area contributed by atoms with Gasteiger partial charge >= 0.3 is 5.97 Å². The van der Waals surface area contributed by atoms with Gasteiger partial charge in [-0.1, -0.05) is 0 Å². The van der Waals surface area contributed by atoms with Gasteiger partial charge in [-0.2, -0.15) is 0 Å². The maximum absolute atomic E-state index is 12.1. The third kappa shape index (κ3) is 5.63. The second-order valence-electron chi connectivity index (χ2n) is 6.68. The number of aryl methyl sites for hydroxylation is 2. The quantitative estimate of drug-likeness (QED) is 0.304. The molecule has 9 heteroatoms. The van der Waals surface area contributed by atoms with Crippen LogP contribution in [0.4, 0.5) is 11.4 Å². The Hall–Kier alpha value is -3.75. The number of nitro groups is 1. The molecule has 9 nitrogen and oxygen atoms in total. The number of nitrogens with zero attached hydrogens (tertiary/aromatic N) is 1. The summed E-state index contributed by atoms with van der Waals surface area (Å²) < 4.78 is 10.2. The number of ether oxygens (including phenoxy) is 2. The average molecular weight is 414 g/mol. The molecule has 0 aliphatic carbocycles. The van der Waals surface area contributed by atoms with Crippen LogP contribution in [0.5, 0.6) is 5.75 Å². The summed E-state index contributed by atoms with van der Waals surface area (Å²) in [7, 11) is 1.43. The molecule has 2 aromatic rings. The third-order valence-corrected chi connectivity index (χ3v) is 4.47. The van der Waals surface area contributed by atoms with Crippen molar-refractivity contribution in [3.8, 4) is 5.75 Å². The molecular weight excluding hydrogens is 392 g/mol. The second kappa shape index (κ2) is 9.64. The Kier molecular flexibility index (Phi) is 7.24. The molecule has 2 aromatic carbocycles. The molecule has 0 heterocycles. The highest BCUT2D eigenvalue weighted by Gasteiger charge is 2.19. The molecule has 0 bridgehead atoms. The smallest absolute Gasteiger partial charge is 0.310 e. The van der Waals surface area contributed by atoms with Crippen LogP contribution in [0.25, 0.3) is 0 Å². The molecule has 0 saturated carbocycles. The van der Waals surface area contributed by atoms with E-state index < -0.39 is 23.4 Å². The Labute approximate surface area is 173 Å². The van der Waals surface area contributed by atoms with Gasteiger partial charge in [0.25, 0.3) is 11.6 Å². The molecule has 0 radical (unpaired) electrons. The van der Waals surface area contributed by atoms with Crippen molar-refractivity contribution in [3.05, 3.63) is 62.7 Å². The third-order valence-electron chi connectivity index (χ3n) is 4.47. The van der Waals surface area contributed by atoms with Crippen molar-refractivity contribution in [2.75, 3.05) is 19.0 Å². The number of anilines is 1. The predicted octanol–water partition coefficient (Wildman–Crippen LogP) is 3.15. The fourth-order valence-electron chi connectivity index (χ4n) is 2.73. The van der Waals surface area contributed by atoms with Gasteiger partial charge in [-0.25, -0.2) is 0 Å². The summed E-state index contributed by atoms with van der Waals surface area (Å²) in [5.74, 6) is -1.17. The van der Waals surface area contributed by atoms with Crippen molar-refractivity contribution >= 4 is 29.0 Å². The molecule has 0 aliphatic heterocycles. The number of nitro benzene ring substituents is 1. The molecule has 158 valence electrons. The van der Waals surface area contributed by atoms with Crippen LogP contribution in [0, 0.1) is 24.0 Å². The van der Waals surface area contributed by atoms with Gasteiger partial charge in [0.15, 0.2) is 12.4 Å². The van der Waals surface area contributed by atoms with Crippen LogP contribution in [0.3, 0.4) is 0 Å². The van der Waals surface area contributed by atoms with E-state index in [9.17, 15) is 24.5 Å². The number of rotatable bonds is 8. The van der Waals surface area contributed by atoms with E-state index in [1.54, 1.807) is 26.0 Å². The molecule has 2 rings (SSSR count). The van der Waals surface area contributed by atoms with Crippen LogP contribution in [-0.2, 0) is 20.7 Å². The zero-order valence-electron chi connectivity index (χ0n) is 17.1. The van der Waals surface area contributed by atoms with Crippen LogP contribution < -0.4 is 10.1 Å². The van der Waals surface area contributed by atoms with E-state index in [1.165, 1.54) is 32.2 Å². The van der Waals surface area contributed by atoms with Gasteiger partial charge in [-0.15, -0.1) is 0 Å². The first-order valence-electron chi connectivity index (χ1n) is 9.01. The SMILES string of the molecule is COc1ccc(C(C)=O)cc1CC(=O)OCC(=O)Nc1cc(C)c(C)cc1[N+](=O)[O-]. The number of nitrogens with one attached hydrogen (secondary N) is 1. The van der Waals surface area contributed by atoms with Crippen molar-refractivity contribution in [2.24, 2.45) is 0 Å². The summed E-state index contributed by atoms with van der Waals surface area (Å²) >= 11 is 0. The summed E-state index contributed by atoms with van der Waals surface area (Å²) in [6, 6.07) is 7.54. The Bertz CT molecular complexity index is 1010. The molecule has 0 atom stereocenters. The van der Waals surface area contributed by atoms with Gasteiger partial charge in [0.05, 0.1) is 18.5 Å². The van der Waals surface area contributed by atoms with E-state index in [2.05, 4.69) is 5.32 Å². The molecule has 0 saturated heterocycles. The number of carbonyl (C=O) groups is 3. The predicted molar refractivity (Wildman–Crippen MR) is 109 cm³/mol. The van der Waals surface area contributed by atoms with Crippen LogP contribution in [0.1, 0.15) is 34.0 Å². The average Bonchev–Trinajstić information content (AvgIpc) is 2.68. The molecule has 1 amide bonds. The first kappa shape index (κ1) is 22.5. The van der Waals surface area contributed by atoms with Crippen LogP contribution >= 0.6 is 0 Å². The summed E-state index contributed by atoms with van der Waals surface area (Å²) in [4.78, 5) is 46.4. The minimum absolute atomic E-state index is 0.0278. The molecule has 1 N–H and O–H groups in total. The number of Topliss-reactive ketones (excluding diaryl/α,β-unsaturated/α-hetero) is 1. The maximum atomic E-state index is 12.1. The van der Waals surface area contributed by atoms with Crippen molar-refractivity contribution in [3.63, 3.8) is 0 Å². The number of carbonyl (C=O) groups excluding carboxylic acids is 3. The van der Waals surface area contributed by atoms with E-state index >= 15 is 0 Å². The standard InChI is InChI=1S/C21H22N2O7/c1-12-7-17(18(23(27)28)8-13(12)2)22-20(25)11-30-21(26)10-16-9-15(14(3)24)5-6-19(16)29-4/h5-9H,10-11H2,1-4H3,(H,22,25). The number of hydrogen-bond donors (Lipinski definition) is 1. The lowest BCUT2D eigenvalue weighted by Gasteiger charge is -2.11. The number of ketones is 1. The summed E-state index contributed by atoms with van der Waals surface area (Å²) in [5, 5.41) is 13.6. The zero-order chi connectivity index (χ0) is 22.4. The lowest BCUT2D eigenvalue weighted by atomic mass is 10.0. The van der Waals surface area contributed by atoms with Gasteiger partial charge in [0.2, 0.25) is 0 Å². The number of amides is 1. The van der Waals surface area contributed by atoms with E-state index in [1.807, 2.05) is 0 Å². The van der Waals surface area contributed by atoms with Crippen LogP contribution in [0.2, 0.25) is 0 Å². The maximum Gasteiger partial charge on any atom is 0.310 e. The van der Waals surface area contributed by atoms with Crippen molar-refractivity contribution in [1.82, 2.24) is 0 Å². The lowest BCUT2D eigenvalue weighted by molar-refractivity contribution is -0.384. The zero-order valence-corrected chi connectivity index (χ0v) is 17.1. The minimum atomic E-state index is -0.710. The number of methoxy groups -OCH3 is 1. The largest absolute Gasteiger partial charge is 0.496 e. The highest BCUT2D eigenvalue weighted by Crippen LogP contribution is 2.28. The van der Waals surface area contributed by atoms with Gasteiger partial charge in [0.1, 0.15) is 11.4 Å². The van der Waals surface area contributed by atoms with Crippen LogP contribution in [-0.4, -0.2) is 36.3 Å². The fourth-order valence-corrected chi connectivity index (χ4v) is 2.73. The van der Waals surface area contributed by atoms with Crippen molar-refractivity contribution in [2.45, 2.75) is 27.2 Å². The molecule has 0 aliphatic rings. The molecule has 0 fully saturated rings. The monoisotopic (exact) mass is 414 g/mol. The topological polar surface area (TPSA) is 125 Å².